The van der Waals surface area contributed by atoms with Crippen molar-refractivity contribution in [3.63, 3.8) is 0 Å². The Balaban J connectivity index is 2.67. The van der Waals surface area contributed by atoms with Crippen LogP contribution in [-0.2, 0) is 0 Å². The van der Waals surface area contributed by atoms with Crippen molar-refractivity contribution in [3.8, 4) is 17.0 Å². The van der Waals surface area contributed by atoms with Crippen LogP contribution in [0.3, 0.4) is 0 Å². The van der Waals surface area contributed by atoms with Gasteiger partial charge in [0.1, 0.15) is 11.4 Å². The first-order valence-electron chi connectivity index (χ1n) is 4.88. The predicted molar refractivity (Wildman–Crippen MR) is 66.8 cm³/mol. The summed E-state index contributed by atoms with van der Waals surface area (Å²) in [7, 11) is 1.57. The lowest BCUT2D eigenvalue weighted by atomic mass is 10.1. The van der Waals surface area contributed by atoms with Crippen molar-refractivity contribution in [2.75, 3.05) is 12.5 Å². The van der Waals surface area contributed by atoms with Crippen molar-refractivity contribution in [2.45, 2.75) is 0 Å². The largest absolute Gasteiger partial charge is 0.496 e. The molecule has 1 heterocycles. The highest BCUT2D eigenvalue weighted by molar-refractivity contribution is 6.33. The molecule has 0 aliphatic carbocycles. The van der Waals surface area contributed by atoms with Crippen LogP contribution in [0.1, 0.15) is 0 Å². The fourth-order valence-corrected chi connectivity index (χ4v) is 1.79. The highest BCUT2D eigenvalue weighted by atomic mass is 35.5. The molecule has 0 fully saturated rings. The van der Waals surface area contributed by atoms with E-state index in [-0.39, 0.29) is 0 Å². The lowest BCUT2D eigenvalue weighted by molar-refractivity contribution is 0.416. The number of aromatic nitrogens is 2. The number of ether oxygens (including phenoxy) is 1. The molecule has 1 aromatic heterocycles. The monoisotopic (exact) mass is 250 g/mol. The minimum atomic E-state index is 0.443. The number of nitrogens with zero attached hydrogens (tertiary/aromatic N) is 2. The molecule has 2 aromatic rings. The number of benzene rings is 1. The van der Waals surface area contributed by atoms with Gasteiger partial charge in [-0.2, -0.15) is 0 Å². The van der Waals surface area contributed by atoms with E-state index in [1.54, 1.807) is 37.7 Å². The Labute approximate surface area is 104 Å². The minimum Gasteiger partial charge on any atom is -0.496 e. The van der Waals surface area contributed by atoms with Gasteiger partial charge in [-0.25, -0.2) is 10.8 Å². The average Bonchev–Trinajstić information content (AvgIpc) is 2.38. The first kappa shape index (κ1) is 11.6. The molecule has 88 valence electrons. The molecule has 5 nitrogen and oxygen atoms in total. The topological polar surface area (TPSA) is 73.1 Å². The molecular weight excluding hydrogens is 240 g/mol. The van der Waals surface area contributed by atoms with Crippen LogP contribution in [0, 0.1) is 0 Å². The Morgan fingerprint density at radius 3 is 2.76 bits per heavy atom. The van der Waals surface area contributed by atoms with Gasteiger partial charge in [-0.05, 0) is 12.1 Å². The number of methoxy groups -OCH3 is 1. The summed E-state index contributed by atoms with van der Waals surface area (Å²) in [6.45, 7) is 0. The zero-order valence-corrected chi connectivity index (χ0v) is 9.90. The van der Waals surface area contributed by atoms with Gasteiger partial charge in [0.05, 0.1) is 17.7 Å². The standard InChI is InChI=1S/C11H11ClN4O/c1-17-8-4-2-3-7(12)9(8)10-11(16-13)15-6-5-14-10/h2-6H,13H2,1H3,(H,15,16). The number of hydrogen-bond acceptors (Lipinski definition) is 5. The number of nitrogens with two attached hydrogens (primary N) is 1. The van der Waals surface area contributed by atoms with Crippen LogP contribution in [0.25, 0.3) is 11.3 Å². The van der Waals surface area contributed by atoms with Crippen molar-refractivity contribution >= 4 is 17.4 Å². The SMILES string of the molecule is COc1cccc(Cl)c1-c1nccnc1NN. The quantitative estimate of drug-likeness (QED) is 0.645. The molecule has 0 saturated heterocycles. The zero-order chi connectivity index (χ0) is 12.3. The lowest BCUT2D eigenvalue weighted by Crippen LogP contribution is -2.10. The molecule has 0 amide bonds. The second-order valence-corrected chi connectivity index (χ2v) is 3.62. The van der Waals surface area contributed by atoms with E-state index in [4.69, 9.17) is 22.2 Å². The molecule has 0 saturated carbocycles. The molecule has 1 aromatic carbocycles. The highest BCUT2D eigenvalue weighted by Gasteiger charge is 2.15. The van der Waals surface area contributed by atoms with E-state index in [9.17, 15) is 0 Å². The van der Waals surface area contributed by atoms with E-state index in [1.807, 2.05) is 0 Å². The Bertz CT molecular complexity index is 533. The lowest BCUT2D eigenvalue weighted by Gasteiger charge is -2.11. The second-order valence-electron chi connectivity index (χ2n) is 3.21. The van der Waals surface area contributed by atoms with E-state index in [2.05, 4.69) is 15.4 Å². The van der Waals surface area contributed by atoms with Crippen LogP contribution in [0.2, 0.25) is 5.02 Å². The first-order valence-corrected chi connectivity index (χ1v) is 5.26. The maximum Gasteiger partial charge on any atom is 0.166 e. The van der Waals surface area contributed by atoms with E-state index in [0.29, 0.717) is 27.8 Å². The molecule has 17 heavy (non-hydrogen) atoms. The van der Waals surface area contributed by atoms with Crippen LogP contribution < -0.4 is 16.0 Å². The minimum absolute atomic E-state index is 0.443. The fraction of sp³-hybridized carbons (Fsp3) is 0.0909. The smallest absolute Gasteiger partial charge is 0.166 e. The van der Waals surface area contributed by atoms with Gasteiger partial charge in [-0.1, -0.05) is 17.7 Å². The Morgan fingerprint density at radius 2 is 2.06 bits per heavy atom. The van der Waals surface area contributed by atoms with Crippen molar-refractivity contribution in [1.29, 1.82) is 0 Å². The average molecular weight is 251 g/mol. The van der Waals surface area contributed by atoms with Gasteiger partial charge in [0, 0.05) is 12.4 Å². The third-order valence-electron chi connectivity index (χ3n) is 2.27. The molecule has 2 rings (SSSR count). The number of hydrogen-bond donors (Lipinski definition) is 2. The third-order valence-corrected chi connectivity index (χ3v) is 2.58. The summed E-state index contributed by atoms with van der Waals surface area (Å²) in [6.07, 6.45) is 3.11. The van der Waals surface area contributed by atoms with Crippen LogP contribution in [0.15, 0.2) is 30.6 Å². The summed E-state index contributed by atoms with van der Waals surface area (Å²) < 4.78 is 5.26. The second kappa shape index (κ2) is 4.99. The van der Waals surface area contributed by atoms with Gasteiger partial charge in [-0.3, -0.25) is 4.98 Å². The van der Waals surface area contributed by atoms with Gasteiger partial charge in [0.2, 0.25) is 0 Å². The summed E-state index contributed by atoms with van der Waals surface area (Å²) in [6, 6.07) is 5.36. The van der Waals surface area contributed by atoms with E-state index < -0.39 is 0 Å². The number of halogens is 1. The van der Waals surface area contributed by atoms with E-state index in [0.717, 1.165) is 0 Å². The van der Waals surface area contributed by atoms with Crippen molar-refractivity contribution in [3.05, 3.63) is 35.6 Å². The van der Waals surface area contributed by atoms with Gasteiger partial charge in [0.25, 0.3) is 0 Å². The Morgan fingerprint density at radius 1 is 1.29 bits per heavy atom. The third kappa shape index (κ3) is 2.15. The summed E-state index contributed by atoms with van der Waals surface area (Å²) >= 11 is 6.16. The normalized spacial score (nSPS) is 10.1. The van der Waals surface area contributed by atoms with Crippen LogP contribution >= 0.6 is 11.6 Å². The van der Waals surface area contributed by atoms with E-state index >= 15 is 0 Å². The van der Waals surface area contributed by atoms with Crippen LogP contribution in [0.5, 0.6) is 5.75 Å². The molecule has 0 unspecified atom stereocenters. The summed E-state index contributed by atoms with van der Waals surface area (Å²) in [4.78, 5) is 8.30. The summed E-state index contributed by atoms with van der Waals surface area (Å²) in [5, 5.41) is 0.529. The number of hydrazine groups is 1. The zero-order valence-electron chi connectivity index (χ0n) is 9.14. The first-order chi connectivity index (χ1) is 8.27. The molecule has 0 spiro atoms. The molecule has 0 atom stereocenters. The summed E-state index contributed by atoms with van der Waals surface area (Å²) in [5.74, 6) is 6.46. The number of rotatable bonds is 3. The molecule has 0 aliphatic heterocycles. The maximum absolute atomic E-state index is 6.16. The van der Waals surface area contributed by atoms with Gasteiger partial charge < -0.3 is 10.2 Å². The number of anilines is 1. The van der Waals surface area contributed by atoms with Crippen LogP contribution in [-0.4, -0.2) is 17.1 Å². The maximum atomic E-state index is 6.16. The van der Waals surface area contributed by atoms with Gasteiger partial charge in [-0.15, -0.1) is 0 Å². The summed E-state index contributed by atoms with van der Waals surface area (Å²) in [5.41, 5.74) is 3.70. The fourth-order valence-electron chi connectivity index (χ4n) is 1.53. The molecule has 6 heteroatoms. The molecule has 0 radical (unpaired) electrons. The number of nitrogens with one attached hydrogen (secondary N) is 1. The molecule has 0 aliphatic rings. The highest BCUT2D eigenvalue weighted by Crippen LogP contribution is 2.37. The van der Waals surface area contributed by atoms with Crippen molar-refractivity contribution in [1.82, 2.24) is 9.97 Å². The molecular formula is C11H11ClN4O. The van der Waals surface area contributed by atoms with Gasteiger partial charge in [0.15, 0.2) is 5.82 Å². The molecule has 0 bridgehead atoms. The Hall–Kier alpha value is -1.85. The van der Waals surface area contributed by atoms with Crippen LogP contribution in [0.4, 0.5) is 5.82 Å². The number of nitrogen functional groups attached to an aromatic ring is 1. The predicted octanol–water partition coefficient (Wildman–Crippen LogP) is 2.09. The molecule has 3 N–H and O–H groups in total. The van der Waals surface area contributed by atoms with E-state index in [1.165, 1.54) is 0 Å². The Kier molecular flexibility index (Phi) is 3.41. The van der Waals surface area contributed by atoms with Gasteiger partial charge >= 0.3 is 0 Å². The van der Waals surface area contributed by atoms with Crippen molar-refractivity contribution < 1.29 is 4.74 Å². The van der Waals surface area contributed by atoms with Crippen molar-refractivity contribution in [2.24, 2.45) is 5.84 Å².